The quantitative estimate of drug-likeness (QED) is 0.900. The summed E-state index contributed by atoms with van der Waals surface area (Å²) in [7, 11) is 0. The van der Waals surface area contributed by atoms with E-state index < -0.39 is 0 Å². The number of carbonyl (C=O) groups excluding carboxylic acids is 1. The number of aromatic nitrogens is 1. The third-order valence-corrected chi connectivity index (χ3v) is 4.96. The van der Waals surface area contributed by atoms with Crippen molar-refractivity contribution in [3.8, 4) is 5.88 Å². The zero-order valence-electron chi connectivity index (χ0n) is 12.2. The minimum Gasteiger partial charge on any atom is -0.476 e. The fourth-order valence-electron chi connectivity index (χ4n) is 3.35. The number of halogens is 2. The van der Waals surface area contributed by atoms with E-state index in [0.717, 1.165) is 29.5 Å². The maximum absolute atomic E-state index is 12.7. The van der Waals surface area contributed by atoms with E-state index in [1.54, 1.807) is 12.3 Å². The Morgan fingerprint density at radius 1 is 1.35 bits per heavy atom. The van der Waals surface area contributed by atoms with Gasteiger partial charge in [-0.2, -0.15) is 0 Å². The van der Waals surface area contributed by atoms with Gasteiger partial charge in [-0.25, -0.2) is 4.98 Å². The smallest absolute Gasteiger partial charge is 0.231 e. The van der Waals surface area contributed by atoms with E-state index in [1.807, 2.05) is 18.2 Å². The molecule has 23 heavy (non-hydrogen) atoms. The summed E-state index contributed by atoms with van der Waals surface area (Å²) in [5.74, 6) is 0.165. The van der Waals surface area contributed by atoms with E-state index in [1.165, 1.54) is 0 Å². The molecule has 1 amide bonds. The van der Waals surface area contributed by atoms with Crippen LogP contribution in [-0.2, 0) is 11.2 Å². The van der Waals surface area contributed by atoms with Crippen LogP contribution in [0.1, 0.15) is 35.1 Å². The normalized spacial score (nSPS) is 21.5. The van der Waals surface area contributed by atoms with E-state index >= 15 is 0 Å². The van der Waals surface area contributed by atoms with Crippen LogP contribution in [0.4, 0.5) is 0 Å². The molecule has 0 bridgehead atoms. The second-order valence-electron chi connectivity index (χ2n) is 5.82. The monoisotopic (exact) mass is 348 g/mol. The van der Waals surface area contributed by atoms with Crippen molar-refractivity contribution in [3.05, 3.63) is 57.2 Å². The summed E-state index contributed by atoms with van der Waals surface area (Å²) in [6.07, 6.45) is 3.35. The van der Waals surface area contributed by atoms with Gasteiger partial charge in [0.05, 0.1) is 6.04 Å². The first-order chi connectivity index (χ1) is 11.1. The molecule has 1 aromatic carbocycles. The molecule has 6 heteroatoms. The Kier molecular flexibility index (Phi) is 3.66. The van der Waals surface area contributed by atoms with Crippen molar-refractivity contribution in [3.63, 3.8) is 0 Å². The molecule has 1 aromatic heterocycles. The number of benzene rings is 1. The Balaban J connectivity index is 1.56. The lowest BCUT2D eigenvalue weighted by Gasteiger charge is -2.18. The van der Waals surface area contributed by atoms with Crippen LogP contribution in [-0.4, -0.2) is 17.5 Å². The predicted octanol–water partition coefficient (Wildman–Crippen LogP) is 3.67. The summed E-state index contributed by atoms with van der Waals surface area (Å²) < 4.78 is 5.49. The highest BCUT2D eigenvalue weighted by Crippen LogP contribution is 2.39. The number of rotatable bonds is 2. The summed E-state index contributed by atoms with van der Waals surface area (Å²) in [5, 5.41) is 4.34. The van der Waals surface area contributed by atoms with Gasteiger partial charge in [-0.3, -0.25) is 4.79 Å². The first-order valence-electron chi connectivity index (χ1n) is 7.49. The van der Waals surface area contributed by atoms with Gasteiger partial charge < -0.3 is 10.1 Å². The molecule has 2 atom stereocenters. The van der Waals surface area contributed by atoms with Crippen molar-refractivity contribution < 1.29 is 9.53 Å². The van der Waals surface area contributed by atoms with Gasteiger partial charge in [0.2, 0.25) is 11.8 Å². The van der Waals surface area contributed by atoms with Crippen LogP contribution in [0.5, 0.6) is 5.88 Å². The maximum atomic E-state index is 12.7. The molecule has 1 aliphatic heterocycles. The highest BCUT2D eigenvalue weighted by Gasteiger charge is 2.34. The zero-order chi connectivity index (χ0) is 16.0. The second-order valence-corrected chi connectivity index (χ2v) is 6.67. The number of pyridine rings is 1. The van der Waals surface area contributed by atoms with Crippen molar-refractivity contribution in [1.29, 1.82) is 0 Å². The number of nitrogens with zero attached hydrogens (tertiary/aromatic N) is 1. The van der Waals surface area contributed by atoms with Crippen LogP contribution in [0.2, 0.25) is 10.0 Å². The highest BCUT2D eigenvalue weighted by molar-refractivity contribution is 6.35. The predicted molar refractivity (Wildman–Crippen MR) is 88.1 cm³/mol. The van der Waals surface area contributed by atoms with Crippen LogP contribution in [0.25, 0.3) is 0 Å². The summed E-state index contributed by atoms with van der Waals surface area (Å²) in [6.45, 7) is 0.326. The lowest BCUT2D eigenvalue weighted by molar-refractivity contribution is -0.123. The van der Waals surface area contributed by atoms with Gasteiger partial charge in [-0.15, -0.1) is 0 Å². The van der Waals surface area contributed by atoms with Gasteiger partial charge in [0.15, 0.2) is 0 Å². The van der Waals surface area contributed by atoms with Gasteiger partial charge in [-0.1, -0.05) is 29.3 Å². The molecule has 1 unspecified atom stereocenters. The average Bonchev–Trinajstić information content (AvgIpc) is 3.11. The summed E-state index contributed by atoms with van der Waals surface area (Å²) >= 11 is 12.4. The third kappa shape index (κ3) is 2.56. The Hall–Kier alpha value is -1.78. The lowest BCUT2D eigenvalue weighted by Crippen LogP contribution is -2.32. The molecular formula is C17H14Cl2N2O2. The highest BCUT2D eigenvalue weighted by atomic mass is 35.5. The van der Waals surface area contributed by atoms with Gasteiger partial charge in [0.25, 0.3) is 0 Å². The third-order valence-electron chi connectivity index (χ3n) is 4.43. The molecule has 0 saturated carbocycles. The lowest BCUT2D eigenvalue weighted by atomic mass is 10.0. The minimum atomic E-state index is -0.325. The first-order valence-corrected chi connectivity index (χ1v) is 8.25. The SMILES string of the molecule is O=C(N[C@@H]1CCc2cc(Cl)cc(Cl)c21)C1COc2ncccc21. The summed E-state index contributed by atoms with van der Waals surface area (Å²) in [5.41, 5.74) is 2.93. The molecule has 4 nitrogen and oxygen atoms in total. The number of ether oxygens (including phenoxy) is 1. The van der Waals surface area contributed by atoms with Gasteiger partial charge in [0.1, 0.15) is 12.5 Å². The van der Waals surface area contributed by atoms with Crippen LogP contribution in [0.3, 0.4) is 0 Å². The average molecular weight is 349 g/mol. The molecule has 0 saturated heterocycles. The van der Waals surface area contributed by atoms with Crippen LogP contribution in [0.15, 0.2) is 30.5 Å². The Labute approximate surface area is 143 Å². The van der Waals surface area contributed by atoms with E-state index in [2.05, 4.69) is 10.3 Å². The van der Waals surface area contributed by atoms with Crippen molar-refractivity contribution in [2.45, 2.75) is 24.8 Å². The Morgan fingerprint density at radius 2 is 2.22 bits per heavy atom. The van der Waals surface area contributed by atoms with Gasteiger partial charge >= 0.3 is 0 Å². The first kappa shape index (κ1) is 14.8. The largest absolute Gasteiger partial charge is 0.476 e. The molecule has 2 aliphatic rings. The van der Waals surface area contributed by atoms with Crippen molar-refractivity contribution in [2.75, 3.05) is 6.61 Å². The van der Waals surface area contributed by atoms with Crippen molar-refractivity contribution in [1.82, 2.24) is 10.3 Å². The van der Waals surface area contributed by atoms with E-state index in [-0.39, 0.29) is 17.9 Å². The number of fused-ring (bicyclic) bond motifs is 2. The van der Waals surface area contributed by atoms with Crippen LogP contribution < -0.4 is 10.1 Å². The minimum absolute atomic E-state index is 0.0550. The standard InChI is InChI=1S/C17H14Cl2N2O2/c18-10-6-9-3-4-14(15(9)13(19)7-10)21-16(22)12-8-23-17-11(12)2-1-5-20-17/h1-2,5-7,12,14H,3-4,8H2,(H,21,22)/t12?,14-/m1/s1. The fraction of sp³-hybridized carbons (Fsp3) is 0.294. The molecule has 118 valence electrons. The fourth-order valence-corrected chi connectivity index (χ4v) is 4.02. The number of nitrogens with one attached hydrogen (secondary N) is 1. The Bertz CT molecular complexity index is 794. The Morgan fingerprint density at radius 3 is 3.09 bits per heavy atom. The van der Waals surface area contributed by atoms with Crippen LogP contribution >= 0.6 is 23.2 Å². The molecule has 0 radical (unpaired) electrons. The topological polar surface area (TPSA) is 51.2 Å². The molecule has 4 rings (SSSR count). The summed E-state index contributed by atoms with van der Waals surface area (Å²) in [4.78, 5) is 16.8. The van der Waals surface area contributed by atoms with E-state index in [0.29, 0.717) is 22.5 Å². The van der Waals surface area contributed by atoms with Gasteiger partial charge in [0, 0.05) is 21.8 Å². The molecule has 1 N–H and O–H groups in total. The van der Waals surface area contributed by atoms with Crippen LogP contribution in [0, 0.1) is 0 Å². The zero-order valence-corrected chi connectivity index (χ0v) is 13.7. The molecule has 1 aliphatic carbocycles. The molecular weight excluding hydrogens is 335 g/mol. The molecule has 0 fully saturated rings. The number of carbonyl (C=O) groups is 1. The summed E-state index contributed by atoms with van der Waals surface area (Å²) in [6, 6.07) is 7.27. The van der Waals surface area contributed by atoms with E-state index in [4.69, 9.17) is 27.9 Å². The molecule has 2 aromatic rings. The number of hydrogen-bond acceptors (Lipinski definition) is 3. The van der Waals surface area contributed by atoms with Crippen molar-refractivity contribution >= 4 is 29.1 Å². The van der Waals surface area contributed by atoms with Gasteiger partial charge in [-0.05, 0) is 42.2 Å². The number of aryl methyl sites for hydroxylation is 1. The van der Waals surface area contributed by atoms with Crippen molar-refractivity contribution in [2.24, 2.45) is 0 Å². The van der Waals surface area contributed by atoms with E-state index in [9.17, 15) is 4.79 Å². The molecule has 2 heterocycles. The number of amides is 1. The number of hydrogen-bond donors (Lipinski definition) is 1. The second kappa shape index (κ2) is 5.69. The maximum Gasteiger partial charge on any atom is 0.231 e. The molecule has 0 spiro atoms.